The molecule has 0 amide bonds. The zero-order valence-electron chi connectivity index (χ0n) is 6.86. The Morgan fingerprint density at radius 1 is 1.30 bits per heavy atom. The van der Waals surface area contributed by atoms with Crippen LogP contribution >= 0.6 is 11.3 Å². The molecular weight excluding hydrogens is 147 g/mol. The van der Waals surface area contributed by atoms with Gasteiger partial charge in [0.1, 0.15) is 0 Å². The van der Waals surface area contributed by atoms with Gasteiger partial charge in [0.05, 0.1) is 0 Å². The average Bonchev–Trinajstić information content (AvgIpc) is 2.16. The molecular formula is C8H13FS. The number of hydrogen-bond donors (Lipinski definition) is 0. The van der Waals surface area contributed by atoms with E-state index in [2.05, 4.69) is 0 Å². The van der Waals surface area contributed by atoms with Crippen molar-refractivity contribution in [3.8, 4) is 0 Å². The normalized spacial score (nSPS) is 8.50. The fraction of sp³-hybridized carbons (Fsp3) is 0.500. The van der Waals surface area contributed by atoms with E-state index in [-0.39, 0.29) is 5.13 Å². The second-order valence-electron chi connectivity index (χ2n) is 1.79. The molecule has 0 aromatic carbocycles. The van der Waals surface area contributed by atoms with E-state index in [0.717, 1.165) is 10.4 Å². The van der Waals surface area contributed by atoms with Crippen LogP contribution in [0.5, 0.6) is 0 Å². The fourth-order valence-corrected chi connectivity index (χ4v) is 1.28. The van der Waals surface area contributed by atoms with Gasteiger partial charge in [0, 0.05) is 4.88 Å². The first-order chi connectivity index (χ1) is 4.70. The van der Waals surface area contributed by atoms with Crippen LogP contribution in [-0.4, -0.2) is 0 Å². The zero-order chi connectivity index (χ0) is 8.15. The van der Waals surface area contributed by atoms with Crippen LogP contribution in [0.25, 0.3) is 0 Å². The molecule has 1 rings (SSSR count). The monoisotopic (exact) mass is 160 g/mol. The molecule has 0 fully saturated rings. The quantitative estimate of drug-likeness (QED) is 0.544. The maximum Gasteiger partial charge on any atom is 0.176 e. The third kappa shape index (κ3) is 2.48. The maximum absolute atomic E-state index is 12.2. The molecule has 58 valence electrons. The van der Waals surface area contributed by atoms with Gasteiger partial charge in [-0.2, -0.15) is 4.39 Å². The van der Waals surface area contributed by atoms with Gasteiger partial charge in [0.2, 0.25) is 0 Å². The molecule has 0 radical (unpaired) electrons. The lowest BCUT2D eigenvalue weighted by atomic mass is 10.3. The smallest absolute Gasteiger partial charge is 0.176 e. The van der Waals surface area contributed by atoms with Gasteiger partial charge in [-0.3, -0.25) is 0 Å². The molecule has 0 unspecified atom stereocenters. The minimum atomic E-state index is -0.0833. The van der Waals surface area contributed by atoms with Gasteiger partial charge >= 0.3 is 0 Å². The Bertz CT molecular complexity index is 172. The standard InChI is InChI=1S/C6H7FS.C2H6/c1-4-3-6(7)8-5(4)2;1-2/h3H,1-2H3;1-2H3. The second kappa shape index (κ2) is 4.45. The summed E-state index contributed by atoms with van der Waals surface area (Å²) >= 11 is 1.20. The van der Waals surface area contributed by atoms with E-state index < -0.39 is 0 Å². The van der Waals surface area contributed by atoms with Gasteiger partial charge in [-0.15, -0.1) is 11.3 Å². The molecule has 0 bridgehead atoms. The van der Waals surface area contributed by atoms with Crippen molar-refractivity contribution in [2.75, 3.05) is 0 Å². The van der Waals surface area contributed by atoms with Gasteiger partial charge in [-0.05, 0) is 25.5 Å². The third-order valence-corrected chi connectivity index (χ3v) is 2.08. The van der Waals surface area contributed by atoms with Crippen molar-refractivity contribution in [1.29, 1.82) is 0 Å². The van der Waals surface area contributed by atoms with Crippen LogP contribution in [0.3, 0.4) is 0 Å². The lowest BCUT2D eigenvalue weighted by molar-refractivity contribution is 0.656. The predicted octanol–water partition coefficient (Wildman–Crippen LogP) is 3.53. The largest absolute Gasteiger partial charge is 0.195 e. The Balaban J connectivity index is 0.000000371. The van der Waals surface area contributed by atoms with Crippen LogP contribution in [0.15, 0.2) is 6.07 Å². The third-order valence-electron chi connectivity index (χ3n) is 1.14. The molecule has 1 aromatic rings. The predicted molar refractivity (Wildman–Crippen MR) is 45.1 cm³/mol. The van der Waals surface area contributed by atoms with Crippen molar-refractivity contribution in [2.24, 2.45) is 0 Å². The minimum absolute atomic E-state index is 0.0833. The Hall–Kier alpha value is -0.370. The molecule has 0 aliphatic carbocycles. The summed E-state index contributed by atoms with van der Waals surface area (Å²) in [5.41, 5.74) is 1.05. The van der Waals surface area contributed by atoms with Gasteiger partial charge < -0.3 is 0 Å². The van der Waals surface area contributed by atoms with Crippen LogP contribution in [0, 0.1) is 19.0 Å². The van der Waals surface area contributed by atoms with E-state index in [1.165, 1.54) is 11.3 Å². The number of halogens is 1. The highest BCUT2D eigenvalue weighted by Crippen LogP contribution is 2.17. The summed E-state index contributed by atoms with van der Waals surface area (Å²) in [6.45, 7) is 7.83. The molecule has 0 aliphatic heterocycles. The number of rotatable bonds is 0. The summed E-state index contributed by atoms with van der Waals surface area (Å²) in [4.78, 5) is 1.07. The fourth-order valence-electron chi connectivity index (χ4n) is 0.528. The summed E-state index contributed by atoms with van der Waals surface area (Å²) in [5, 5.41) is -0.0833. The number of aryl methyl sites for hydroxylation is 2. The van der Waals surface area contributed by atoms with Crippen LogP contribution in [0.2, 0.25) is 0 Å². The Kier molecular flexibility index (Phi) is 4.28. The average molecular weight is 160 g/mol. The zero-order valence-corrected chi connectivity index (χ0v) is 7.68. The van der Waals surface area contributed by atoms with E-state index in [4.69, 9.17) is 0 Å². The first-order valence-electron chi connectivity index (χ1n) is 3.42. The lowest BCUT2D eigenvalue weighted by Gasteiger charge is -1.79. The second-order valence-corrected chi connectivity index (χ2v) is 3.00. The molecule has 10 heavy (non-hydrogen) atoms. The summed E-state index contributed by atoms with van der Waals surface area (Å²) in [6, 6.07) is 1.56. The lowest BCUT2D eigenvalue weighted by Crippen LogP contribution is -1.62. The van der Waals surface area contributed by atoms with Crippen molar-refractivity contribution in [2.45, 2.75) is 27.7 Å². The van der Waals surface area contributed by atoms with E-state index in [1.54, 1.807) is 6.07 Å². The highest BCUT2D eigenvalue weighted by molar-refractivity contribution is 7.10. The molecule has 0 saturated heterocycles. The van der Waals surface area contributed by atoms with Crippen molar-refractivity contribution < 1.29 is 4.39 Å². The van der Waals surface area contributed by atoms with Crippen LogP contribution in [0.4, 0.5) is 4.39 Å². The van der Waals surface area contributed by atoms with Crippen molar-refractivity contribution in [1.82, 2.24) is 0 Å². The van der Waals surface area contributed by atoms with Crippen LogP contribution in [-0.2, 0) is 0 Å². The first-order valence-corrected chi connectivity index (χ1v) is 4.24. The summed E-state index contributed by atoms with van der Waals surface area (Å²) in [7, 11) is 0. The molecule has 0 spiro atoms. The van der Waals surface area contributed by atoms with E-state index in [9.17, 15) is 4.39 Å². The highest BCUT2D eigenvalue weighted by atomic mass is 32.1. The first kappa shape index (κ1) is 9.63. The Labute approximate surface area is 65.7 Å². The van der Waals surface area contributed by atoms with Crippen LogP contribution < -0.4 is 0 Å². The van der Waals surface area contributed by atoms with E-state index in [1.807, 2.05) is 27.7 Å². The van der Waals surface area contributed by atoms with Gasteiger partial charge in [0.25, 0.3) is 0 Å². The number of thiophene rings is 1. The van der Waals surface area contributed by atoms with E-state index in [0.29, 0.717) is 0 Å². The molecule has 0 atom stereocenters. The molecule has 0 N–H and O–H groups in total. The SMILES string of the molecule is CC.Cc1cc(F)sc1C. The van der Waals surface area contributed by atoms with Crippen molar-refractivity contribution in [3.05, 3.63) is 21.6 Å². The molecule has 0 aliphatic rings. The molecule has 2 heteroatoms. The molecule has 0 nitrogen and oxygen atoms in total. The van der Waals surface area contributed by atoms with Crippen molar-refractivity contribution in [3.63, 3.8) is 0 Å². The minimum Gasteiger partial charge on any atom is -0.195 e. The van der Waals surface area contributed by atoms with Crippen molar-refractivity contribution >= 4 is 11.3 Å². The highest BCUT2D eigenvalue weighted by Gasteiger charge is 1.97. The number of hydrogen-bond acceptors (Lipinski definition) is 1. The van der Waals surface area contributed by atoms with Gasteiger partial charge in [-0.1, -0.05) is 13.8 Å². The van der Waals surface area contributed by atoms with Gasteiger partial charge in [0.15, 0.2) is 5.13 Å². The molecule has 0 saturated carbocycles. The Morgan fingerprint density at radius 2 is 1.80 bits per heavy atom. The van der Waals surface area contributed by atoms with E-state index >= 15 is 0 Å². The molecule has 1 heterocycles. The van der Waals surface area contributed by atoms with Gasteiger partial charge in [-0.25, -0.2) is 0 Å². The summed E-state index contributed by atoms with van der Waals surface area (Å²) < 4.78 is 12.2. The summed E-state index contributed by atoms with van der Waals surface area (Å²) in [6.07, 6.45) is 0. The topological polar surface area (TPSA) is 0 Å². The maximum atomic E-state index is 12.2. The Morgan fingerprint density at radius 3 is 1.90 bits per heavy atom. The summed E-state index contributed by atoms with van der Waals surface area (Å²) in [5.74, 6) is 0. The molecule has 1 aromatic heterocycles. The van der Waals surface area contributed by atoms with Crippen LogP contribution in [0.1, 0.15) is 24.3 Å².